The van der Waals surface area contributed by atoms with Crippen molar-refractivity contribution in [1.82, 2.24) is 4.90 Å². The average Bonchev–Trinajstić information content (AvgIpc) is 2.82. The van der Waals surface area contributed by atoms with Gasteiger partial charge in [-0.3, -0.25) is 4.90 Å². The molecule has 21 heavy (non-hydrogen) atoms. The van der Waals surface area contributed by atoms with Gasteiger partial charge >= 0.3 is 5.97 Å². The highest BCUT2D eigenvalue weighted by molar-refractivity contribution is 7.98. The zero-order valence-corrected chi connectivity index (χ0v) is 13.4. The van der Waals surface area contributed by atoms with E-state index in [0.717, 1.165) is 12.2 Å². The number of para-hydroxylation sites is 1. The SMILES string of the molecule is CSCCC(C)N(C)Cc1oc2ccccc2c1C(=O)O. The van der Waals surface area contributed by atoms with E-state index < -0.39 is 5.97 Å². The van der Waals surface area contributed by atoms with Gasteiger partial charge in [-0.1, -0.05) is 18.2 Å². The van der Waals surface area contributed by atoms with Crippen LogP contribution in [-0.2, 0) is 6.54 Å². The van der Waals surface area contributed by atoms with Gasteiger partial charge in [0.2, 0.25) is 0 Å². The predicted octanol–water partition coefficient (Wildman–Crippen LogP) is 3.70. The maximum atomic E-state index is 11.5. The molecule has 1 unspecified atom stereocenters. The summed E-state index contributed by atoms with van der Waals surface area (Å²) in [6.07, 6.45) is 3.16. The van der Waals surface area contributed by atoms with Gasteiger partial charge in [-0.25, -0.2) is 4.79 Å². The molecule has 1 atom stereocenters. The van der Waals surface area contributed by atoms with Crippen LogP contribution in [-0.4, -0.2) is 41.1 Å². The molecule has 0 aliphatic carbocycles. The van der Waals surface area contributed by atoms with Crippen molar-refractivity contribution in [2.24, 2.45) is 0 Å². The Morgan fingerprint density at radius 2 is 2.14 bits per heavy atom. The number of benzene rings is 1. The second-order valence-electron chi connectivity index (χ2n) is 5.25. The number of rotatable bonds is 7. The molecule has 0 aliphatic rings. The summed E-state index contributed by atoms with van der Waals surface area (Å²) < 4.78 is 5.76. The Bertz CT molecular complexity index is 623. The van der Waals surface area contributed by atoms with Crippen LogP contribution in [0.3, 0.4) is 0 Å². The Labute approximate surface area is 129 Å². The molecule has 2 aromatic rings. The number of thioether (sulfide) groups is 1. The molecule has 0 fully saturated rings. The molecule has 0 bridgehead atoms. The van der Waals surface area contributed by atoms with Gasteiger partial charge in [-0.15, -0.1) is 0 Å². The van der Waals surface area contributed by atoms with Crippen LogP contribution in [0, 0.1) is 0 Å². The maximum absolute atomic E-state index is 11.5. The molecule has 1 aromatic carbocycles. The van der Waals surface area contributed by atoms with Crippen molar-refractivity contribution in [2.75, 3.05) is 19.1 Å². The number of fused-ring (bicyclic) bond motifs is 1. The molecule has 0 aliphatic heterocycles. The lowest BCUT2D eigenvalue weighted by atomic mass is 10.1. The molecular formula is C16H21NO3S. The molecule has 0 saturated heterocycles. The lowest BCUT2D eigenvalue weighted by Crippen LogP contribution is -2.29. The Morgan fingerprint density at radius 3 is 2.81 bits per heavy atom. The van der Waals surface area contributed by atoms with Gasteiger partial charge in [0.25, 0.3) is 0 Å². The Balaban J connectivity index is 2.25. The van der Waals surface area contributed by atoms with E-state index in [2.05, 4.69) is 18.1 Å². The fraction of sp³-hybridized carbons (Fsp3) is 0.438. The zero-order chi connectivity index (χ0) is 15.4. The summed E-state index contributed by atoms with van der Waals surface area (Å²) >= 11 is 1.82. The molecular weight excluding hydrogens is 286 g/mol. The van der Waals surface area contributed by atoms with Crippen LogP contribution in [0.4, 0.5) is 0 Å². The number of aromatic carboxylic acids is 1. The molecule has 2 rings (SSSR count). The zero-order valence-electron chi connectivity index (χ0n) is 12.6. The first-order chi connectivity index (χ1) is 10.0. The van der Waals surface area contributed by atoms with E-state index in [1.165, 1.54) is 0 Å². The number of carbonyl (C=O) groups is 1. The minimum absolute atomic E-state index is 0.287. The van der Waals surface area contributed by atoms with Gasteiger partial charge < -0.3 is 9.52 Å². The summed E-state index contributed by atoms with van der Waals surface area (Å²) in [6.45, 7) is 2.66. The van der Waals surface area contributed by atoms with E-state index in [0.29, 0.717) is 29.3 Å². The van der Waals surface area contributed by atoms with Crippen molar-refractivity contribution in [1.29, 1.82) is 0 Å². The van der Waals surface area contributed by atoms with Crippen LogP contribution in [0.1, 0.15) is 29.5 Å². The standard InChI is InChI=1S/C16H21NO3S/c1-11(8-9-21-3)17(2)10-14-15(16(18)19)12-6-4-5-7-13(12)20-14/h4-7,11H,8-10H2,1-3H3,(H,18,19). The van der Waals surface area contributed by atoms with E-state index in [1.54, 1.807) is 6.07 Å². The van der Waals surface area contributed by atoms with Crippen molar-refractivity contribution in [3.63, 3.8) is 0 Å². The third kappa shape index (κ3) is 3.60. The second kappa shape index (κ2) is 7.00. The normalized spacial score (nSPS) is 13.0. The molecule has 0 radical (unpaired) electrons. The van der Waals surface area contributed by atoms with E-state index in [1.807, 2.05) is 37.0 Å². The van der Waals surface area contributed by atoms with E-state index in [-0.39, 0.29) is 5.56 Å². The van der Waals surface area contributed by atoms with Crippen LogP contribution < -0.4 is 0 Å². The Hall–Kier alpha value is -1.46. The molecule has 0 spiro atoms. The first kappa shape index (κ1) is 15.9. The second-order valence-corrected chi connectivity index (χ2v) is 6.23. The fourth-order valence-electron chi connectivity index (χ4n) is 2.33. The summed E-state index contributed by atoms with van der Waals surface area (Å²) in [5, 5.41) is 10.1. The fourth-order valence-corrected chi connectivity index (χ4v) is 2.91. The van der Waals surface area contributed by atoms with Crippen LogP contribution in [0.5, 0.6) is 0 Å². The number of hydrogen-bond donors (Lipinski definition) is 1. The monoisotopic (exact) mass is 307 g/mol. The quantitative estimate of drug-likeness (QED) is 0.845. The van der Waals surface area contributed by atoms with Crippen molar-refractivity contribution in [3.05, 3.63) is 35.6 Å². The highest BCUT2D eigenvalue weighted by Gasteiger charge is 2.22. The van der Waals surface area contributed by atoms with Gasteiger partial charge in [0, 0.05) is 11.4 Å². The molecule has 0 saturated carbocycles. The summed E-state index contributed by atoms with van der Waals surface area (Å²) in [4.78, 5) is 13.7. The maximum Gasteiger partial charge on any atom is 0.339 e. The van der Waals surface area contributed by atoms with Gasteiger partial charge in [-0.2, -0.15) is 11.8 Å². The first-order valence-corrected chi connectivity index (χ1v) is 8.36. The van der Waals surface area contributed by atoms with Crippen LogP contribution >= 0.6 is 11.8 Å². The highest BCUT2D eigenvalue weighted by Crippen LogP contribution is 2.27. The van der Waals surface area contributed by atoms with Gasteiger partial charge in [0.1, 0.15) is 16.9 Å². The summed E-state index contributed by atoms with van der Waals surface area (Å²) in [5.74, 6) is 0.694. The van der Waals surface area contributed by atoms with Crippen LogP contribution in [0.25, 0.3) is 11.0 Å². The van der Waals surface area contributed by atoms with E-state index >= 15 is 0 Å². The number of carboxylic acids is 1. The summed E-state index contributed by atoms with van der Waals surface area (Å²) in [7, 11) is 2.00. The first-order valence-electron chi connectivity index (χ1n) is 6.97. The van der Waals surface area contributed by atoms with E-state index in [4.69, 9.17) is 4.42 Å². The number of nitrogens with zero attached hydrogens (tertiary/aromatic N) is 1. The predicted molar refractivity (Wildman–Crippen MR) is 87.1 cm³/mol. The molecule has 1 heterocycles. The smallest absolute Gasteiger partial charge is 0.339 e. The lowest BCUT2D eigenvalue weighted by molar-refractivity contribution is 0.0694. The third-order valence-electron chi connectivity index (χ3n) is 3.77. The summed E-state index contributed by atoms with van der Waals surface area (Å²) in [5.41, 5.74) is 0.921. The third-order valence-corrected chi connectivity index (χ3v) is 4.41. The molecule has 1 aromatic heterocycles. The van der Waals surface area contributed by atoms with Crippen LogP contribution in [0.2, 0.25) is 0 Å². The minimum Gasteiger partial charge on any atom is -0.478 e. The van der Waals surface area contributed by atoms with Crippen LogP contribution in [0.15, 0.2) is 28.7 Å². The molecule has 0 amide bonds. The largest absolute Gasteiger partial charge is 0.478 e. The van der Waals surface area contributed by atoms with Crippen molar-refractivity contribution in [2.45, 2.75) is 25.9 Å². The van der Waals surface area contributed by atoms with Gasteiger partial charge in [0.05, 0.1) is 6.54 Å². The van der Waals surface area contributed by atoms with Gasteiger partial charge in [0.15, 0.2) is 0 Å². The number of carboxylic acid groups (broad SMARTS) is 1. The van der Waals surface area contributed by atoms with Crippen molar-refractivity contribution < 1.29 is 14.3 Å². The number of furan rings is 1. The van der Waals surface area contributed by atoms with Gasteiger partial charge in [-0.05, 0) is 38.5 Å². The molecule has 5 heteroatoms. The summed E-state index contributed by atoms with van der Waals surface area (Å²) in [6, 6.07) is 7.67. The highest BCUT2D eigenvalue weighted by atomic mass is 32.2. The topological polar surface area (TPSA) is 53.7 Å². The molecule has 4 nitrogen and oxygen atoms in total. The van der Waals surface area contributed by atoms with Crippen molar-refractivity contribution >= 4 is 28.7 Å². The molecule has 1 N–H and O–H groups in total. The number of hydrogen-bond acceptors (Lipinski definition) is 4. The molecule has 114 valence electrons. The Morgan fingerprint density at radius 1 is 1.43 bits per heavy atom. The van der Waals surface area contributed by atoms with Crippen molar-refractivity contribution in [3.8, 4) is 0 Å². The van der Waals surface area contributed by atoms with E-state index in [9.17, 15) is 9.90 Å². The Kier molecular flexibility index (Phi) is 5.31. The lowest BCUT2D eigenvalue weighted by Gasteiger charge is -2.23. The average molecular weight is 307 g/mol. The minimum atomic E-state index is -0.930.